The molecule has 1 N–H and O–H groups in total. The minimum absolute atomic E-state index is 0.0338. The van der Waals surface area contributed by atoms with Crippen LogP contribution in [-0.4, -0.2) is 35.7 Å². The molecule has 0 saturated carbocycles. The van der Waals surface area contributed by atoms with Crippen molar-refractivity contribution in [3.8, 4) is 17.2 Å². The lowest BCUT2D eigenvalue weighted by molar-refractivity contribution is 0.0968. The predicted octanol–water partition coefficient (Wildman–Crippen LogP) is 7.19. The highest BCUT2D eigenvalue weighted by Crippen LogP contribution is 2.44. The molecule has 1 atom stereocenters. The van der Waals surface area contributed by atoms with E-state index in [0.717, 1.165) is 16.7 Å². The van der Waals surface area contributed by atoms with E-state index in [0.29, 0.717) is 40.9 Å². The van der Waals surface area contributed by atoms with Crippen LogP contribution in [0.2, 0.25) is 0 Å². The molecule has 0 bridgehead atoms. The van der Waals surface area contributed by atoms with Crippen molar-refractivity contribution < 1.29 is 27.4 Å². The molecule has 1 heterocycles. The zero-order valence-electron chi connectivity index (χ0n) is 26.5. The number of carbonyl (C=O) groups is 1. The Kier molecular flexibility index (Phi) is 8.78. The molecule has 240 valence electrons. The zero-order chi connectivity index (χ0) is 33.1. The largest absolute Gasteiger partial charge is 0.497 e. The van der Waals surface area contributed by atoms with Crippen LogP contribution < -0.4 is 28.7 Å². The van der Waals surface area contributed by atoms with Crippen molar-refractivity contribution in [3.05, 3.63) is 138 Å². The number of aryl methyl sites for hydroxylation is 1. The molecule has 5 aromatic carbocycles. The number of hydrogen-bond donors (Lipinski definition) is 1. The van der Waals surface area contributed by atoms with Crippen molar-refractivity contribution >= 4 is 33.0 Å². The number of hydrogen-bond acceptors (Lipinski definition) is 7. The van der Waals surface area contributed by atoms with Gasteiger partial charge in [-0.15, -0.1) is 0 Å². The Morgan fingerprint density at radius 1 is 0.745 bits per heavy atom. The highest BCUT2D eigenvalue weighted by molar-refractivity contribution is 7.92. The first-order valence-electron chi connectivity index (χ1n) is 15.0. The highest BCUT2D eigenvalue weighted by Gasteiger charge is 2.40. The number of nitrogens with one attached hydrogen (secondary N) is 1. The highest BCUT2D eigenvalue weighted by atomic mass is 32.2. The second kappa shape index (κ2) is 13.1. The van der Waals surface area contributed by atoms with E-state index in [9.17, 15) is 13.2 Å². The van der Waals surface area contributed by atoms with Gasteiger partial charge in [-0.05, 0) is 84.8 Å². The standard InChI is InChI=1S/C37H35N3O6S/c1-25-10-15-29(16-11-25)40-36(27-12-21-34(45-3)35(22-27)46-4)39(24-26-8-6-5-7-9-26)33-20-19-31(23-32(33)37(40)41)47(42,43)38-28-13-17-30(44-2)18-14-28/h5-23,36,38H,24H2,1-4H3/t36-/m1/s1. The van der Waals surface area contributed by atoms with Gasteiger partial charge in [-0.3, -0.25) is 14.4 Å². The van der Waals surface area contributed by atoms with E-state index in [1.54, 1.807) is 56.6 Å². The zero-order valence-corrected chi connectivity index (χ0v) is 27.3. The number of methoxy groups -OCH3 is 3. The van der Waals surface area contributed by atoms with Gasteiger partial charge in [0.2, 0.25) is 0 Å². The van der Waals surface area contributed by atoms with E-state index < -0.39 is 16.2 Å². The Morgan fingerprint density at radius 3 is 2.11 bits per heavy atom. The topological polar surface area (TPSA) is 97.4 Å². The van der Waals surface area contributed by atoms with Crippen LogP contribution in [0.4, 0.5) is 17.1 Å². The van der Waals surface area contributed by atoms with E-state index in [-0.39, 0.29) is 16.4 Å². The molecule has 5 aromatic rings. The Bertz CT molecular complexity index is 2000. The molecule has 9 nitrogen and oxygen atoms in total. The van der Waals surface area contributed by atoms with Gasteiger partial charge in [0, 0.05) is 17.9 Å². The smallest absolute Gasteiger partial charge is 0.262 e. The first-order chi connectivity index (χ1) is 22.7. The fourth-order valence-corrected chi connectivity index (χ4v) is 6.83. The Labute approximate surface area is 275 Å². The number of rotatable bonds is 10. The molecule has 0 aromatic heterocycles. The monoisotopic (exact) mass is 649 g/mol. The lowest BCUT2D eigenvalue weighted by atomic mass is 9.98. The fourth-order valence-electron chi connectivity index (χ4n) is 5.75. The average Bonchev–Trinajstić information content (AvgIpc) is 3.10. The number of benzene rings is 5. The number of fused-ring (bicyclic) bond motifs is 1. The molecule has 0 saturated heterocycles. The van der Waals surface area contributed by atoms with Gasteiger partial charge in [-0.2, -0.15) is 0 Å². The van der Waals surface area contributed by atoms with Crippen LogP contribution in [0, 0.1) is 6.92 Å². The molecular formula is C37H35N3O6S. The van der Waals surface area contributed by atoms with E-state index in [1.165, 1.54) is 12.1 Å². The number of carbonyl (C=O) groups excluding carboxylic acids is 1. The van der Waals surface area contributed by atoms with Gasteiger partial charge in [-0.1, -0.05) is 54.1 Å². The Morgan fingerprint density at radius 2 is 1.45 bits per heavy atom. The summed E-state index contributed by atoms with van der Waals surface area (Å²) < 4.78 is 46.2. The average molecular weight is 650 g/mol. The normalized spacial score (nSPS) is 14.4. The number of sulfonamides is 1. The second-order valence-corrected chi connectivity index (χ2v) is 12.8. The molecule has 47 heavy (non-hydrogen) atoms. The molecule has 1 aliphatic heterocycles. The van der Waals surface area contributed by atoms with Crippen LogP contribution >= 0.6 is 0 Å². The van der Waals surface area contributed by atoms with E-state index in [2.05, 4.69) is 9.62 Å². The summed E-state index contributed by atoms with van der Waals surface area (Å²) in [6, 6.07) is 34.5. The lowest BCUT2D eigenvalue weighted by Crippen LogP contribution is -2.49. The van der Waals surface area contributed by atoms with Crippen molar-refractivity contribution in [1.29, 1.82) is 0 Å². The molecule has 0 aliphatic carbocycles. The molecule has 10 heteroatoms. The molecule has 0 spiro atoms. The van der Waals surface area contributed by atoms with Crippen molar-refractivity contribution in [2.45, 2.75) is 24.5 Å². The molecule has 0 unspecified atom stereocenters. The minimum Gasteiger partial charge on any atom is -0.497 e. The summed E-state index contributed by atoms with van der Waals surface area (Å²) in [6.07, 6.45) is -0.613. The number of amides is 1. The van der Waals surface area contributed by atoms with Crippen LogP contribution in [0.25, 0.3) is 0 Å². The van der Waals surface area contributed by atoms with Crippen molar-refractivity contribution in [2.24, 2.45) is 0 Å². The summed E-state index contributed by atoms with van der Waals surface area (Å²) in [5, 5.41) is 0. The summed E-state index contributed by atoms with van der Waals surface area (Å²) in [7, 11) is 0.645. The third kappa shape index (κ3) is 6.32. The molecule has 1 aliphatic rings. The second-order valence-electron chi connectivity index (χ2n) is 11.1. The predicted molar refractivity (Wildman–Crippen MR) is 183 cm³/mol. The van der Waals surface area contributed by atoms with E-state index in [4.69, 9.17) is 14.2 Å². The molecule has 0 fully saturated rings. The SMILES string of the molecule is COc1ccc(NS(=O)(=O)c2ccc3c(c2)C(=O)N(c2ccc(C)cc2)[C@H](c2ccc(OC)c(OC)c2)N3Cc2ccccc2)cc1. The third-order valence-electron chi connectivity index (χ3n) is 8.13. The Balaban J connectivity index is 1.52. The maximum atomic E-state index is 14.7. The van der Waals surface area contributed by atoms with Crippen LogP contribution in [0.5, 0.6) is 17.2 Å². The number of nitrogens with zero attached hydrogens (tertiary/aromatic N) is 2. The van der Waals surface area contributed by atoms with Crippen LogP contribution in [0.3, 0.4) is 0 Å². The summed E-state index contributed by atoms with van der Waals surface area (Å²) in [6.45, 7) is 2.41. The van der Waals surface area contributed by atoms with Crippen molar-refractivity contribution in [1.82, 2.24) is 0 Å². The maximum absolute atomic E-state index is 14.7. The minimum atomic E-state index is -4.05. The van der Waals surface area contributed by atoms with Crippen LogP contribution in [0.1, 0.15) is 33.2 Å². The van der Waals surface area contributed by atoms with Gasteiger partial charge in [0.25, 0.3) is 15.9 Å². The van der Waals surface area contributed by atoms with Gasteiger partial charge < -0.3 is 19.1 Å². The van der Waals surface area contributed by atoms with Crippen molar-refractivity contribution in [3.63, 3.8) is 0 Å². The molecule has 1 amide bonds. The summed E-state index contributed by atoms with van der Waals surface area (Å²) in [5.74, 6) is 1.35. The molecular weight excluding hydrogens is 614 g/mol. The number of ether oxygens (including phenoxy) is 3. The van der Waals surface area contributed by atoms with Gasteiger partial charge >= 0.3 is 0 Å². The van der Waals surface area contributed by atoms with Gasteiger partial charge in [0.15, 0.2) is 11.5 Å². The Hall–Kier alpha value is -5.48. The fraction of sp³-hybridized carbons (Fsp3) is 0.162. The van der Waals surface area contributed by atoms with Gasteiger partial charge in [0.05, 0.1) is 37.5 Å². The summed E-state index contributed by atoms with van der Waals surface area (Å²) in [4.78, 5) is 18.5. The number of anilines is 3. The quantitative estimate of drug-likeness (QED) is 0.171. The summed E-state index contributed by atoms with van der Waals surface area (Å²) >= 11 is 0. The van der Waals surface area contributed by atoms with Gasteiger partial charge in [-0.25, -0.2) is 8.42 Å². The van der Waals surface area contributed by atoms with Crippen LogP contribution in [0.15, 0.2) is 120 Å². The molecule has 0 radical (unpaired) electrons. The maximum Gasteiger partial charge on any atom is 0.262 e. The first kappa shape index (κ1) is 31.5. The van der Waals surface area contributed by atoms with Gasteiger partial charge in [0.1, 0.15) is 11.9 Å². The third-order valence-corrected chi connectivity index (χ3v) is 9.51. The molecule has 6 rings (SSSR count). The van der Waals surface area contributed by atoms with E-state index in [1.807, 2.05) is 79.7 Å². The van der Waals surface area contributed by atoms with Crippen LogP contribution in [-0.2, 0) is 16.6 Å². The van der Waals surface area contributed by atoms with E-state index >= 15 is 0 Å². The summed E-state index contributed by atoms with van der Waals surface area (Å²) in [5.41, 5.74) is 4.74. The lowest BCUT2D eigenvalue weighted by Gasteiger charge is -2.46. The first-order valence-corrected chi connectivity index (χ1v) is 16.4. The van der Waals surface area contributed by atoms with Crippen molar-refractivity contribution in [2.75, 3.05) is 35.9 Å².